The van der Waals surface area contributed by atoms with E-state index in [0.717, 1.165) is 12.8 Å². The van der Waals surface area contributed by atoms with Crippen molar-refractivity contribution in [3.63, 3.8) is 0 Å². The summed E-state index contributed by atoms with van der Waals surface area (Å²) in [6.07, 6.45) is 3.03. The molecule has 5 rings (SSSR count). The van der Waals surface area contributed by atoms with Gasteiger partial charge in [0, 0.05) is 25.4 Å². The normalized spacial score (nSPS) is 17.3. The molecule has 1 unspecified atom stereocenters. The summed E-state index contributed by atoms with van der Waals surface area (Å²) in [6.45, 7) is 0.568. The molecular weight excluding hydrogens is 465 g/mol. The van der Waals surface area contributed by atoms with Crippen molar-refractivity contribution in [2.75, 3.05) is 27.3 Å². The molecule has 3 aromatic rings. The van der Waals surface area contributed by atoms with Crippen LogP contribution in [0.25, 0.3) is 5.69 Å². The molecule has 0 spiro atoms. The second-order valence-corrected chi connectivity index (χ2v) is 9.28. The van der Waals surface area contributed by atoms with Crippen molar-refractivity contribution in [1.29, 1.82) is 0 Å². The van der Waals surface area contributed by atoms with Gasteiger partial charge in [0.2, 0.25) is 5.88 Å². The van der Waals surface area contributed by atoms with Gasteiger partial charge < -0.3 is 19.5 Å². The van der Waals surface area contributed by atoms with E-state index in [4.69, 9.17) is 9.47 Å². The Morgan fingerprint density at radius 3 is 2.42 bits per heavy atom. The Labute approximate surface area is 207 Å². The van der Waals surface area contributed by atoms with Crippen LogP contribution in [0.15, 0.2) is 47.3 Å². The molecule has 2 aliphatic rings. The maximum atomic E-state index is 14.3. The maximum absolute atomic E-state index is 14.3. The number of nitrogens with zero attached hydrogens (tertiary/aromatic N) is 3. The van der Waals surface area contributed by atoms with Crippen molar-refractivity contribution in [2.45, 2.75) is 31.6 Å². The molecule has 1 amide bonds. The third-order valence-corrected chi connectivity index (χ3v) is 6.97. The first-order valence-corrected chi connectivity index (χ1v) is 12.0. The summed E-state index contributed by atoms with van der Waals surface area (Å²) in [5.74, 6) is -0.183. The molecule has 1 atom stereocenters. The van der Waals surface area contributed by atoms with E-state index in [9.17, 15) is 19.1 Å². The van der Waals surface area contributed by atoms with E-state index in [1.807, 2.05) is 0 Å². The number of benzene rings is 2. The van der Waals surface area contributed by atoms with E-state index >= 15 is 0 Å². The monoisotopic (exact) mass is 493 g/mol. The van der Waals surface area contributed by atoms with Gasteiger partial charge in [-0.1, -0.05) is 24.3 Å². The molecular formula is C27H28FN3O5. The number of ether oxygens (including phenoxy) is 2. The predicted octanol–water partition coefficient (Wildman–Crippen LogP) is 3.68. The van der Waals surface area contributed by atoms with Crippen LogP contribution in [-0.2, 0) is 6.42 Å². The van der Waals surface area contributed by atoms with Crippen molar-refractivity contribution < 1.29 is 23.8 Å². The van der Waals surface area contributed by atoms with E-state index in [0.29, 0.717) is 53.9 Å². The summed E-state index contributed by atoms with van der Waals surface area (Å²) >= 11 is 0. The highest BCUT2D eigenvalue weighted by Gasteiger charge is 2.35. The van der Waals surface area contributed by atoms with Crippen LogP contribution in [0.4, 0.5) is 4.39 Å². The van der Waals surface area contributed by atoms with Gasteiger partial charge in [-0.15, -0.1) is 0 Å². The third kappa shape index (κ3) is 4.29. The number of aromatic nitrogens is 2. The number of aromatic hydroxyl groups is 1. The van der Waals surface area contributed by atoms with Gasteiger partial charge in [-0.2, -0.15) is 4.98 Å². The van der Waals surface area contributed by atoms with Crippen LogP contribution in [0.1, 0.15) is 46.9 Å². The number of rotatable bonds is 7. The zero-order valence-corrected chi connectivity index (χ0v) is 20.2. The number of hydrogen-bond acceptors (Lipinski definition) is 6. The number of amides is 1. The predicted molar refractivity (Wildman–Crippen MR) is 131 cm³/mol. The molecule has 0 radical (unpaired) electrons. The van der Waals surface area contributed by atoms with Crippen LogP contribution in [-0.4, -0.2) is 52.8 Å². The Balaban J connectivity index is 1.58. The van der Waals surface area contributed by atoms with Gasteiger partial charge in [-0.05, 0) is 48.9 Å². The van der Waals surface area contributed by atoms with Gasteiger partial charge >= 0.3 is 0 Å². The fraction of sp³-hybridized carbons (Fsp3) is 0.370. The number of likely N-dealkylation sites (tertiary alicyclic amines) is 1. The molecule has 36 heavy (non-hydrogen) atoms. The summed E-state index contributed by atoms with van der Waals surface area (Å²) in [4.78, 5) is 32.4. The minimum absolute atomic E-state index is 0.198. The van der Waals surface area contributed by atoms with Gasteiger partial charge in [0.25, 0.3) is 11.5 Å². The second-order valence-electron chi connectivity index (χ2n) is 9.28. The summed E-state index contributed by atoms with van der Waals surface area (Å²) in [6, 6.07) is 11.6. The molecule has 2 heterocycles. The highest BCUT2D eigenvalue weighted by atomic mass is 19.1. The lowest BCUT2D eigenvalue weighted by atomic mass is 9.98. The van der Waals surface area contributed by atoms with Crippen LogP contribution >= 0.6 is 0 Å². The van der Waals surface area contributed by atoms with Crippen LogP contribution in [0.3, 0.4) is 0 Å². The number of carbonyl (C=O) groups excluding carboxylic acids is 1. The number of halogens is 1. The first-order chi connectivity index (χ1) is 17.4. The largest absolute Gasteiger partial charge is 0.494 e. The molecule has 1 N–H and O–H groups in total. The molecule has 1 aromatic heterocycles. The lowest BCUT2D eigenvalue weighted by Gasteiger charge is -2.22. The van der Waals surface area contributed by atoms with Crippen molar-refractivity contribution in [2.24, 2.45) is 5.92 Å². The molecule has 0 bridgehead atoms. The molecule has 1 aliphatic carbocycles. The van der Waals surface area contributed by atoms with Crippen molar-refractivity contribution in [1.82, 2.24) is 14.5 Å². The summed E-state index contributed by atoms with van der Waals surface area (Å²) in [7, 11) is 2.98. The molecule has 8 nitrogen and oxygen atoms in total. The fourth-order valence-corrected chi connectivity index (χ4v) is 4.91. The fourth-order valence-electron chi connectivity index (χ4n) is 4.91. The topological polar surface area (TPSA) is 93.9 Å². The zero-order chi connectivity index (χ0) is 25.4. The minimum atomic E-state index is -0.785. The number of hydrogen-bond donors (Lipinski definition) is 1. The highest BCUT2D eigenvalue weighted by Crippen LogP contribution is 2.39. The molecule has 2 aromatic carbocycles. The standard InChI is InChI=1S/C27H28FN3O5/c1-35-20-8-5-9-21(36-2)24(20)31-22(14-16-10-11-16)29-25(32)23(27(31)34)26(33)30-13-12-17(15-30)18-6-3-4-7-19(18)28/h3-9,16-17,34H,10-15H2,1-2H3. The van der Waals surface area contributed by atoms with Gasteiger partial charge in [-0.25, -0.2) is 4.39 Å². The van der Waals surface area contributed by atoms with Gasteiger partial charge in [0.1, 0.15) is 28.8 Å². The van der Waals surface area contributed by atoms with Crippen molar-refractivity contribution >= 4 is 5.91 Å². The Bertz CT molecular complexity index is 1350. The molecule has 1 saturated heterocycles. The van der Waals surface area contributed by atoms with E-state index < -0.39 is 22.9 Å². The average Bonchev–Trinajstić information content (AvgIpc) is 3.55. The molecule has 188 valence electrons. The first-order valence-electron chi connectivity index (χ1n) is 12.0. The lowest BCUT2D eigenvalue weighted by Crippen LogP contribution is -2.35. The first kappa shape index (κ1) is 23.8. The number of carbonyl (C=O) groups is 1. The Morgan fingerprint density at radius 2 is 1.78 bits per heavy atom. The van der Waals surface area contributed by atoms with Crippen LogP contribution < -0.4 is 15.0 Å². The third-order valence-electron chi connectivity index (χ3n) is 6.97. The Kier molecular flexibility index (Phi) is 6.38. The van der Waals surface area contributed by atoms with E-state index in [2.05, 4.69) is 4.98 Å². The van der Waals surface area contributed by atoms with Crippen molar-refractivity contribution in [3.05, 3.63) is 75.6 Å². The lowest BCUT2D eigenvalue weighted by molar-refractivity contribution is 0.0784. The smallest absolute Gasteiger partial charge is 0.289 e. The van der Waals surface area contributed by atoms with Crippen LogP contribution in [0.5, 0.6) is 17.4 Å². The van der Waals surface area contributed by atoms with E-state index in [1.54, 1.807) is 36.4 Å². The summed E-state index contributed by atoms with van der Waals surface area (Å²) in [5, 5.41) is 11.4. The van der Waals surface area contributed by atoms with E-state index in [1.165, 1.54) is 29.8 Å². The van der Waals surface area contributed by atoms with E-state index in [-0.39, 0.29) is 18.3 Å². The summed E-state index contributed by atoms with van der Waals surface area (Å²) in [5.41, 5.74) is -0.307. The van der Waals surface area contributed by atoms with Gasteiger partial charge in [0.05, 0.1) is 14.2 Å². The van der Waals surface area contributed by atoms with Gasteiger partial charge in [-0.3, -0.25) is 14.2 Å². The Hall–Kier alpha value is -3.88. The summed E-state index contributed by atoms with van der Waals surface area (Å²) < 4.78 is 26.8. The highest BCUT2D eigenvalue weighted by molar-refractivity contribution is 5.96. The SMILES string of the molecule is COc1cccc(OC)c1-n1c(CC2CC2)nc(=O)c(C(=O)N2CCC(c3ccccc3F)C2)c1O. The van der Waals surface area contributed by atoms with Gasteiger partial charge in [0.15, 0.2) is 5.56 Å². The maximum Gasteiger partial charge on any atom is 0.289 e. The van der Waals surface area contributed by atoms with Crippen LogP contribution in [0.2, 0.25) is 0 Å². The van der Waals surface area contributed by atoms with Crippen molar-refractivity contribution in [3.8, 4) is 23.1 Å². The molecule has 2 fully saturated rings. The molecule has 1 aliphatic heterocycles. The number of methoxy groups -OCH3 is 2. The molecule has 9 heteroatoms. The molecule has 1 saturated carbocycles. The quantitative estimate of drug-likeness (QED) is 0.540. The average molecular weight is 494 g/mol. The van der Waals surface area contributed by atoms with Crippen LogP contribution in [0, 0.1) is 11.7 Å². The minimum Gasteiger partial charge on any atom is -0.494 e. The second kappa shape index (κ2) is 9.64. The number of para-hydroxylation sites is 1. The Morgan fingerprint density at radius 1 is 1.08 bits per heavy atom. The zero-order valence-electron chi connectivity index (χ0n) is 20.2.